The van der Waals surface area contributed by atoms with Gasteiger partial charge in [0, 0.05) is 16.8 Å². The van der Waals surface area contributed by atoms with Crippen molar-refractivity contribution >= 4 is 21.8 Å². The maximum Gasteiger partial charge on any atom is 0.223 e. The Labute approximate surface area is 94.0 Å². The van der Waals surface area contributed by atoms with Crippen LogP contribution in [0.25, 0.3) is 0 Å². The van der Waals surface area contributed by atoms with Crippen LogP contribution in [0.1, 0.15) is 39.0 Å². The van der Waals surface area contributed by atoms with Gasteiger partial charge in [0.2, 0.25) is 5.91 Å². The van der Waals surface area contributed by atoms with Gasteiger partial charge in [0.25, 0.3) is 0 Å². The SMILES string of the molecule is CC1CC1C(=O)NC1(CBr)CCCC1. The molecule has 14 heavy (non-hydrogen) atoms. The molecule has 0 heterocycles. The Hall–Kier alpha value is -0.0500. The molecule has 2 fully saturated rings. The molecule has 2 nitrogen and oxygen atoms in total. The minimum absolute atomic E-state index is 0.0827. The number of carbonyl (C=O) groups excluding carboxylic acids is 1. The van der Waals surface area contributed by atoms with Gasteiger partial charge in [0.05, 0.1) is 0 Å². The number of rotatable bonds is 3. The van der Waals surface area contributed by atoms with E-state index in [4.69, 9.17) is 0 Å². The first-order valence-corrected chi connectivity index (χ1v) is 6.67. The summed E-state index contributed by atoms with van der Waals surface area (Å²) in [5, 5.41) is 4.16. The molecule has 0 aromatic carbocycles. The fraction of sp³-hybridized carbons (Fsp3) is 0.909. The fourth-order valence-corrected chi connectivity index (χ4v) is 3.09. The van der Waals surface area contributed by atoms with Crippen LogP contribution in [0, 0.1) is 11.8 Å². The van der Waals surface area contributed by atoms with E-state index in [-0.39, 0.29) is 5.54 Å². The molecule has 0 bridgehead atoms. The third-order valence-electron chi connectivity index (χ3n) is 3.65. The Morgan fingerprint density at radius 1 is 1.50 bits per heavy atom. The first kappa shape index (κ1) is 10.5. The molecule has 0 aromatic rings. The van der Waals surface area contributed by atoms with Crippen molar-refractivity contribution in [2.24, 2.45) is 11.8 Å². The second-order valence-electron chi connectivity index (χ2n) is 4.93. The molecular weight excluding hydrogens is 242 g/mol. The molecule has 3 heteroatoms. The molecule has 2 aliphatic rings. The lowest BCUT2D eigenvalue weighted by atomic mass is 10.0. The molecule has 0 radical (unpaired) electrons. The summed E-state index contributed by atoms with van der Waals surface area (Å²) in [5.41, 5.74) is 0.0827. The molecule has 0 aromatic heterocycles. The van der Waals surface area contributed by atoms with Crippen LogP contribution in [0.3, 0.4) is 0 Å². The highest BCUT2D eigenvalue weighted by Crippen LogP contribution is 2.39. The normalized spacial score (nSPS) is 34.1. The topological polar surface area (TPSA) is 29.1 Å². The molecule has 0 aliphatic heterocycles. The monoisotopic (exact) mass is 259 g/mol. The number of nitrogens with one attached hydrogen (secondary N) is 1. The van der Waals surface area contributed by atoms with Gasteiger partial charge in [0.15, 0.2) is 0 Å². The van der Waals surface area contributed by atoms with Crippen LogP contribution in [-0.2, 0) is 4.79 Å². The number of halogens is 1. The Morgan fingerprint density at radius 3 is 2.50 bits per heavy atom. The smallest absolute Gasteiger partial charge is 0.223 e. The summed E-state index contributed by atoms with van der Waals surface area (Å²) in [6.07, 6.45) is 5.89. The molecule has 80 valence electrons. The van der Waals surface area contributed by atoms with Crippen molar-refractivity contribution in [3.63, 3.8) is 0 Å². The van der Waals surface area contributed by atoms with Gasteiger partial charge in [-0.2, -0.15) is 0 Å². The highest BCUT2D eigenvalue weighted by molar-refractivity contribution is 9.09. The van der Waals surface area contributed by atoms with Crippen molar-refractivity contribution < 1.29 is 4.79 Å². The lowest BCUT2D eigenvalue weighted by Gasteiger charge is -2.28. The van der Waals surface area contributed by atoms with Crippen molar-refractivity contribution in [2.45, 2.75) is 44.6 Å². The van der Waals surface area contributed by atoms with Crippen molar-refractivity contribution in [2.75, 3.05) is 5.33 Å². The zero-order valence-electron chi connectivity index (χ0n) is 8.68. The molecule has 2 aliphatic carbocycles. The van der Waals surface area contributed by atoms with Crippen LogP contribution >= 0.6 is 15.9 Å². The van der Waals surface area contributed by atoms with Crippen LogP contribution < -0.4 is 5.32 Å². The number of carbonyl (C=O) groups is 1. The summed E-state index contributed by atoms with van der Waals surface area (Å²) in [4.78, 5) is 11.8. The van der Waals surface area contributed by atoms with E-state index in [1.165, 1.54) is 12.8 Å². The Balaban J connectivity index is 1.91. The predicted octanol–water partition coefficient (Wildman–Crippen LogP) is 2.47. The summed E-state index contributed by atoms with van der Waals surface area (Å²) in [6, 6.07) is 0. The van der Waals surface area contributed by atoms with Gasteiger partial charge >= 0.3 is 0 Å². The standard InChI is InChI=1S/C11H18BrNO/c1-8-6-9(8)10(14)13-11(7-12)4-2-3-5-11/h8-9H,2-7H2,1H3,(H,13,14). The summed E-state index contributed by atoms with van der Waals surface area (Å²) < 4.78 is 0. The Bertz CT molecular complexity index is 235. The van der Waals surface area contributed by atoms with Gasteiger partial charge in [-0.1, -0.05) is 35.7 Å². The van der Waals surface area contributed by atoms with E-state index in [1.807, 2.05) is 0 Å². The second-order valence-corrected chi connectivity index (χ2v) is 5.49. The van der Waals surface area contributed by atoms with Crippen LogP contribution in [0.15, 0.2) is 0 Å². The Morgan fingerprint density at radius 2 is 2.07 bits per heavy atom. The fourth-order valence-electron chi connectivity index (χ4n) is 2.39. The minimum Gasteiger partial charge on any atom is -0.350 e. The summed E-state index contributed by atoms with van der Waals surface area (Å²) in [5.74, 6) is 1.22. The summed E-state index contributed by atoms with van der Waals surface area (Å²) in [7, 11) is 0. The maximum absolute atomic E-state index is 11.8. The number of amides is 1. The van der Waals surface area contributed by atoms with Crippen molar-refractivity contribution in [3.05, 3.63) is 0 Å². The van der Waals surface area contributed by atoms with E-state index in [2.05, 4.69) is 28.2 Å². The predicted molar refractivity (Wildman–Crippen MR) is 60.4 cm³/mol. The van der Waals surface area contributed by atoms with Crippen molar-refractivity contribution in [1.82, 2.24) is 5.32 Å². The molecular formula is C11H18BrNO. The molecule has 1 N–H and O–H groups in total. The van der Waals surface area contributed by atoms with Crippen molar-refractivity contribution in [3.8, 4) is 0 Å². The highest BCUT2D eigenvalue weighted by atomic mass is 79.9. The zero-order chi connectivity index (χ0) is 10.2. The number of alkyl halides is 1. The average Bonchev–Trinajstić information content (AvgIpc) is 2.74. The third-order valence-corrected chi connectivity index (χ3v) is 4.72. The molecule has 2 saturated carbocycles. The first-order valence-electron chi connectivity index (χ1n) is 5.55. The third kappa shape index (κ3) is 1.97. The van der Waals surface area contributed by atoms with Gasteiger partial charge in [0.1, 0.15) is 0 Å². The van der Waals surface area contributed by atoms with Gasteiger partial charge in [-0.25, -0.2) is 0 Å². The molecule has 2 unspecified atom stereocenters. The zero-order valence-corrected chi connectivity index (χ0v) is 10.3. The van der Waals surface area contributed by atoms with Crippen molar-refractivity contribution in [1.29, 1.82) is 0 Å². The highest BCUT2D eigenvalue weighted by Gasteiger charge is 2.43. The summed E-state index contributed by atoms with van der Waals surface area (Å²) >= 11 is 3.53. The van der Waals surface area contributed by atoms with Crippen LogP contribution in [0.5, 0.6) is 0 Å². The molecule has 2 rings (SSSR count). The number of hydrogen-bond acceptors (Lipinski definition) is 1. The first-order chi connectivity index (χ1) is 6.67. The summed E-state index contributed by atoms with van der Waals surface area (Å²) in [6.45, 7) is 2.15. The lowest BCUT2D eigenvalue weighted by molar-refractivity contribution is -0.124. The molecule has 2 atom stereocenters. The van der Waals surface area contributed by atoms with Crippen LogP contribution in [-0.4, -0.2) is 16.8 Å². The maximum atomic E-state index is 11.8. The van der Waals surface area contributed by atoms with E-state index >= 15 is 0 Å². The molecule has 0 saturated heterocycles. The van der Waals surface area contributed by atoms with E-state index in [9.17, 15) is 4.79 Å². The largest absolute Gasteiger partial charge is 0.350 e. The molecule has 0 spiro atoms. The second kappa shape index (κ2) is 3.84. The number of hydrogen-bond donors (Lipinski definition) is 1. The van der Waals surface area contributed by atoms with Gasteiger partial charge in [-0.3, -0.25) is 4.79 Å². The van der Waals surface area contributed by atoms with Gasteiger partial charge in [-0.15, -0.1) is 0 Å². The Kier molecular flexibility index (Phi) is 2.87. The van der Waals surface area contributed by atoms with E-state index in [0.717, 1.165) is 24.6 Å². The molecule has 1 amide bonds. The lowest BCUT2D eigenvalue weighted by Crippen LogP contribution is -2.48. The average molecular weight is 260 g/mol. The quantitative estimate of drug-likeness (QED) is 0.776. The van der Waals surface area contributed by atoms with Gasteiger partial charge < -0.3 is 5.32 Å². The van der Waals surface area contributed by atoms with E-state index in [0.29, 0.717) is 17.7 Å². The van der Waals surface area contributed by atoms with E-state index < -0.39 is 0 Å². The van der Waals surface area contributed by atoms with E-state index in [1.54, 1.807) is 0 Å². The van der Waals surface area contributed by atoms with Gasteiger partial charge in [-0.05, 0) is 25.2 Å². The van der Waals surface area contributed by atoms with Crippen LogP contribution in [0.4, 0.5) is 0 Å². The minimum atomic E-state index is 0.0827. The van der Waals surface area contributed by atoms with Crippen LogP contribution in [0.2, 0.25) is 0 Å².